The zero-order chi connectivity index (χ0) is 22.5. The minimum Gasteiger partial charge on any atom is -0.497 e. The Balaban J connectivity index is 1.65. The maximum Gasteiger partial charge on any atom is 0.261 e. The molecule has 0 spiro atoms. The van der Waals surface area contributed by atoms with Gasteiger partial charge in [0, 0.05) is 29.7 Å². The molecule has 0 saturated heterocycles. The molecular formula is C26H26N2O4. The van der Waals surface area contributed by atoms with Crippen LogP contribution in [0, 0.1) is 0 Å². The highest BCUT2D eigenvalue weighted by atomic mass is 16.5. The summed E-state index contributed by atoms with van der Waals surface area (Å²) < 4.78 is 16.4. The second-order valence-electron chi connectivity index (χ2n) is 7.41. The molecule has 1 atom stereocenters. The number of nitrogens with one attached hydrogen (secondary N) is 1. The third kappa shape index (κ3) is 4.25. The van der Waals surface area contributed by atoms with Crippen LogP contribution in [0.2, 0.25) is 0 Å². The van der Waals surface area contributed by atoms with Crippen LogP contribution in [0.1, 0.15) is 17.2 Å². The van der Waals surface area contributed by atoms with Crippen molar-refractivity contribution in [1.82, 2.24) is 9.88 Å². The molecule has 6 nitrogen and oxygen atoms in total. The fraction of sp³-hybridized carbons (Fsp3) is 0.192. The van der Waals surface area contributed by atoms with E-state index in [-0.39, 0.29) is 18.6 Å². The first kappa shape index (κ1) is 21.3. The van der Waals surface area contributed by atoms with Crippen LogP contribution in [0.15, 0.2) is 79.0 Å². The Kier molecular flexibility index (Phi) is 6.31. The molecule has 3 aromatic carbocycles. The number of fused-ring (bicyclic) bond motifs is 1. The molecule has 1 unspecified atom stereocenters. The fourth-order valence-corrected chi connectivity index (χ4v) is 3.84. The zero-order valence-corrected chi connectivity index (χ0v) is 18.4. The van der Waals surface area contributed by atoms with E-state index in [4.69, 9.17) is 14.2 Å². The lowest BCUT2D eigenvalue weighted by atomic mass is 9.96. The number of rotatable bonds is 8. The van der Waals surface area contributed by atoms with Crippen LogP contribution in [0.3, 0.4) is 0 Å². The quantitative estimate of drug-likeness (QED) is 0.436. The third-order valence-electron chi connectivity index (χ3n) is 5.55. The molecule has 0 aliphatic heterocycles. The number of carbonyl (C=O) groups is 1. The van der Waals surface area contributed by atoms with Crippen molar-refractivity contribution in [2.24, 2.45) is 0 Å². The van der Waals surface area contributed by atoms with Crippen molar-refractivity contribution in [2.45, 2.75) is 6.04 Å². The Morgan fingerprint density at radius 2 is 1.59 bits per heavy atom. The third-order valence-corrected chi connectivity index (χ3v) is 5.55. The number of ether oxygens (including phenoxy) is 3. The van der Waals surface area contributed by atoms with Crippen molar-refractivity contribution in [3.63, 3.8) is 0 Å². The van der Waals surface area contributed by atoms with Crippen molar-refractivity contribution in [3.8, 4) is 17.2 Å². The smallest absolute Gasteiger partial charge is 0.261 e. The zero-order valence-electron chi connectivity index (χ0n) is 18.4. The molecule has 1 amide bonds. The maximum atomic E-state index is 13.2. The topological polar surface area (TPSA) is 63.8 Å². The Hall–Kier alpha value is -3.93. The van der Waals surface area contributed by atoms with Crippen molar-refractivity contribution in [1.29, 1.82) is 0 Å². The second kappa shape index (κ2) is 9.47. The van der Waals surface area contributed by atoms with Gasteiger partial charge in [-0.3, -0.25) is 4.79 Å². The Bertz CT molecular complexity index is 1200. The molecule has 1 heterocycles. The van der Waals surface area contributed by atoms with Crippen LogP contribution in [0.25, 0.3) is 10.9 Å². The summed E-state index contributed by atoms with van der Waals surface area (Å²) in [7, 11) is 5.01. The predicted molar refractivity (Wildman–Crippen MR) is 124 cm³/mol. The van der Waals surface area contributed by atoms with Crippen LogP contribution < -0.4 is 14.2 Å². The van der Waals surface area contributed by atoms with Gasteiger partial charge in [0.25, 0.3) is 5.91 Å². The fourth-order valence-electron chi connectivity index (χ4n) is 3.84. The standard InChI is InChI=1S/C26H26N2O4/c1-28(25(29)17-32-24-11-7-6-10-23(24)31-3)26(18-12-14-19(30-2)15-13-18)21-16-27-22-9-5-4-8-20(21)22/h4-16,26-27H,17H2,1-3H3. The summed E-state index contributed by atoms with van der Waals surface area (Å²) in [5.74, 6) is 1.73. The molecule has 32 heavy (non-hydrogen) atoms. The highest BCUT2D eigenvalue weighted by Gasteiger charge is 2.26. The number of hydrogen-bond donors (Lipinski definition) is 1. The largest absolute Gasteiger partial charge is 0.497 e. The van der Waals surface area contributed by atoms with Gasteiger partial charge in [-0.05, 0) is 35.9 Å². The van der Waals surface area contributed by atoms with E-state index in [2.05, 4.69) is 11.1 Å². The summed E-state index contributed by atoms with van der Waals surface area (Å²) in [4.78, 5) is 18.2. The Morgan fingerprint density at radius 3 is 2.31 bits per heavy atom. The number of methoxy groups -OCH3 is 2. The van der Waals surface area contributed by atoms with Gasteiger partial charge < -0.3 is 24.1 Å². The normalized spacial score (nSPS) is 11.7. The monoisotopic (exact) mass is 430 g/mol. The Labute approximate surface area is 187 Å². The minimum absolute atomic E-state index is 0.105. The van der Waals surface area contributed by atoms with Gasteiger partial charge in [0.05, 0.1) is 20.3 Å². The molecule has 1 N–H and O–H groups in total. The SMILES string of the molecule is COc1ccc(C(c2c[nH]c3ccccc23)N(C)C(=O)COc2ccccc2OC)cc1. The number of H-pyrrole nitrogens is 1. The number of hydrogen-bond acceptors (Lipinski definition) is 4. The highest BCUT2D eigenvalue weighted by molar-refractivity contribution is 5.86. The van der Waals surface area contributed by atoms with E-state index in [0.29, 0.717) is 11.5 Å². The number of para-hydroxylation sites is 3. The van der Waals surface area contributed by atoms with Gasteiger partial charge in [-0.25, -0.2) is 0 Å². The summed E-state index contributed by atoms with van der Waals surface area (Å²) in [5.41, 5.74) is 3.01. The lowest BCUT2D eigenvalue weighted by Crippen LogP contribution is -2.35. The number of aromatic nitrogens is 1. The van der Waals surface area contributed by atoms with E-state index < -0.39 is 0 Å². The van der Waals surface area contributed by atoms with Gasteiger partial charge in [0.1, 0.15) is 5.75 Å². The lowest BCUT2D eigenvalue weighted by molar-refractivity contribution is -0.133. The summed E-state index contributed by atoms with van der Waals surface area (Å²) in [6, 6.07) is 22.8. The van der Waals surface area contributed by atoms with Crippen molar-refractivity contribution in [3.05, 3.63) is 90.1 Å². The number of aromatic amines is 1. The second-order valence-corrected chi connectivity index (χ2v) is 7.41. The first-order valence-corrected chi connectivity index (χ1v) is 10.3. The summed E-state index contributed by atoms with van der Waals surface area (Å²) >= 11 is 0. The first-order chi connectivity index (χ1) is 15.6. The minimum atomic E-state index is -0.300. The predicted octanol–water partition coefficient (Wildman–Crippen LogP) is 4.81. The summed E-state index contributed by atoms with van der Waals surface area (Å²) in [6.07, 6.45) is 1.96. The van der Waals surface area contributed by atoms with E-state index in [1.54, 1.807) is 38.3 Å². The molecule has 164 valence electrons. The maximum absolute atomic E-state index is 13.2. The van der Waals surface area contributed by atoms with E-state index in [1.807, 2.05) is 60.8 Å². The highest BCUT2D eigenvalue weighted by Crippen LogP contribution is 2.34. The molecule has 4 rings (SSSR count). The van der Waals surface area contributed by atoms with Crippen LogP contribution >= 0.6 is 0 Å². The van der Waals surface area contributed by atoms with Crippen molar-refractivity contribution >= 4 is 16.8 Å². The number of carbonyl (C=O) groups excluding carboxylic acids is 1. The molecule has 1 aromatic heterocycles. The number of benzene rings is 3. The van der Waals surface area contributed by atoms with E-state index in [0.717, 1.165) is 27.8 Å². The Morgan fingerprint density at radius 1 is 0.906 bits per heavy atom. The molecule has 0 radical (unpaired) electrons. The first-order valence-electron chi connectivity index (χ1n) is 10.3. The molecule has 0 fully saturated rings. The van der Waals surface area contributed by atoms with E-state index in [9.17, 15) is 4.79 Å². The van der Waals surface area contributed by atoms with E-state index in [1.165, 1.54) is 0 Å². The van der Waals surface area contributed by atoms with Gasteiger partial charge in [0.2, 0.25) is 0 Å². The molecule has 0 aliphatic carbocycles. The van der Waals surface area contributed by atoms with Crippen LogP contribution in [0.5, 0.6) is 17.2 Å². The van der Waals surface area contributed by atoms with Crippen molar-refractivity contribution in [2.75, 3.05) is 27.9 Å². The summed E-state index contributed by atoms with van der Waals surface area (Å²) in [5, 5.41) is 1.07. The number of likely N-dealkylation sites (N-methyl/N-ethyl adjacent to an activating group) is 1. The number of nitrogens with zero attached hydrogens (tertiary/aromatic N) is 1. The molecule has 4 aromatic rings. The van der Waals surface area contributed by atoms with Crippen LogP contribution in [-0.4, -0.2) is 43.7 Å². The van der Waals surface area contributed by atoms with Gasteiger partial charge in [-0.2, -0.15) is 0 Å². The van der Waals surface area contributed by atoms with Gasteiger partial charge in [-0.15, -0.1) is 0 Å². The number of amides is 1. The van der Waals surface area contributed by atoms with Gasteiger partial charge >= 0.3 is 0 Å². The molecule has 0 aliphatic rings. The molecule has 0 saturated carbocycles. The molecular weight excluding hydrogens is 404 g/mol. The molecule has 0 bridgehead atoms. The summed E-state index contributed by atoms with van der Waals surface area (Å²) in [6.45, 7) is -0.105. The average molecular weight is 431 g/mol. The van der Waals surface area contributed by atoms with Crippen molar-refractivity contribution < 1.29 is 19.0 Å². The molecule has 6 heteroatoms. The van der Waals surface area contributed by atoms with Crippen LogP contribution in [0.4, 0.5) is 0 Å². The van der Waals surface area contributed by atoms with Gasteiger partial charge in [0.15, 0.2) is 18.1 Å². The van der Waals surface area contributed by atoms with E-state index >= 15 is 0 Å². The van der Waals surface area contributed by atoms with Crippen LogP contribution in [-0.2, 0) is 4.79 Å². The lowest BCUT2D eigenvalue weighted by Gasteiger charge is -2.29. The average Bonchev–Trinajstić information content (AvgIpc) is 3.27. The van der Waals surface area contributed by atoms with Gasteiger partial charge in [-0.1, -0.05) is 42.5 Å².